The van der Waals surface area contributed by atoms with Crippen LogP contribution in [0.1, 0.15) is 35.7 Å². The normalized spacial score (nSPS) is 15.3. The van der Waals surface area contributed by atoms with Crippen LogP contribution >= 0.6 is 12.4 Å². The van der Waals surface area contributed by atoms with E-state index in [2.05, 4.69) is 0 Å². The molecule has 1 rings (SSSR count). The van der Waals surface area contributed by atoms with Crippen LogP contribution in [0.5, 0.6) is 0 Å². The molecular weight excluding hydrogens is 254 g/mol. The van der Waals surface area contributed by atoms with Gasteiger partial charge < -0.3 is 9.84 Å². The van der Waals surface area contributed by atoms with Crippen LogP contribution in [0, 0.1) is 0 Å². The van der Waals surface area contributed by atoms with Crippen LogP contribution in [-0.4, -0.2) is 24.6 Å². The molecule has 3 N–H and O–H groups in total. The van der Waals surface area contributed by atoms with Gasteiger partial charge in [-0.3, -0.25) is 10.5 Å². The number of carbonyl (C=O) groups is 1. The van der Waals surface area contributed by atoms with Crippen LogP contribution in [0.3, 0.4) is 0 Å². The highest BCUT2D eigenvalue weighted by Gasteiger charge is 2.35. The third-order valence-corrected chi connectivity index (χ3v) is 2.87. The van der Waals surface area contributed by atoms with Gasteiger partial charge in [0, 0.05) is 18.2 Å². The number of halogens is 1. The Morgan fingerprint density at radius 3 is 2.72 bits per heavy atom. The number of nitrogens with two attached hydrogens (primary N) is 1. The van der Waals surface area contributed by atoms with E-state index >= 15 is 0 Å². The van der Waals surface area contributed by atoms with Gasteiger partial charge in [0.1, 0.15) is 12.4 Å². The Hall–Kier alpha value is -0.940. The van der Waals surface area contributed by atoms with E-state index in [0.29, 0.717) is 17.5 Å². The van der Waals surface area contributed by atoms with E-state index in [1.165, 1.54) is 7.11 Å². The van der Waals surface area contributed by atoms with E-state index in [0.717, 1.165) is 12.7 Å². The summed E-state index contributed by atoms with van der Waals surface area (Å²) in [5.41, 5.74) is 5.93. The largest absolute Gasteiger partial charge is 0.388 e. The number of benzene rings is 1. The lowest BCUT2D eigenvalue weighted by Gasteiger charge is -2.33. The molecule has 18 heavy (non-hydrogen) atoms. The quantitative estimate of drug-likeness (QED) is 0.613. The Morgan fingerprint density at radius 1 is 1.56 bits per heavy atom. The number of aldehydes is 1. The van der Waals surface area contributed by atoms with Crippen molar-refractivity contribution in [3.63, 3.8) is 0 Å². The first-order valence-electron chi connectivity index (χ1n) is 5.66. The molecule has 0 bridgehead atoms. The molecule has 1 aromatic rings. The summed E-state index contributed by atoms with van der Waals surface area (Å²) in [4.78, 5) is 10.7. The molecule has 0 heterocycles. The van der Waals surface area contributed by atoms with Gasteiger partial charge in [-0.05, 0) is 12.5 Å². The molecule has 4 nitrogen and oxygen atoms in total. The summed E-state index contributed by atoms with van der Waals surface area (Å²) < 4.78 is 5.25. The SMILES string of the molecule is CCC[C@H](O)[C@@](N)(OC)c1cccc(C=O)c1.Cl. The van der Waals surface area contributed by atoms with Crippen molar-refractivity contribution in [2.24, 2.45) is 5.73 Å². The average Bonchev–Trinajstić information content (AvgIpc) is 2.38. The number of rotatable bonds is 6. The fourth-order valence-electron chi connectivity index (χ4n) is 1.79. The molecule has 1 aromatic carbocycles. The first-order valence-corrected chi connectivity index (χ1v) is 5.66. The van der Waals surface area contributed by atoms with Crippen molar-refractivity contribution in [1.29, 1.82) is 0 Å². The molecule has 0 aliphatic rings. The van der Waals surface area contributed by atoms with E-state index in [1.807, 2.05) is 6.92 Å². The Bertz CT molecular complexity index is 386. The van der Waals surface area contributed by atoms with Crippen LogP contribution in [0.25, 0.3) is 0 Å². The summed E-state index contributed by atoms with van der Waals surface area (Å²) in [6.45, 7) is 1.96. The monoisotopic (exact) mass is 273 g/mol. The minimum absolute atomic E-state index is 0. The molecule has 0 radical (unpaired) electrons. The van der Waals surface area contributed by atoms with Crippen LogP contribution in [0.15, 0.2) is 24.3 Å². The third kappa shape index (κ3) is 3.53. The lowest BCUT2D eigenvalue weighted by molar-refractivity contribution is -0.108. The van der Waals surface area contributed by atoms with Gasteiger partial charge >= 0.3 is 0 Å². The first kappa shape index (κ1) is 17.1. The van der Waals surface area contributed by atoms with Crippen LogP contribution < -0.4 is 5.73 Å². The molecular formula is C13H20ClNO3. The molecule has 102 valence electrons. The van der Waals surface area contributed by atoms with Crippen LogP contribution in [0.4, 0.5) is 0 Å². The molecule has 0 aliphatic heterocycles. The van der Waals surface area contributed by atoms with E-state index in [1.54, 1.807) is 24.3 Å². The molecule has 0 spiro atoms. The second-order valence-corrected chi connectivity index (χ2v) is 4.05. The molecule has 0 fully saturated rings. The number of methoxy groups -OCH3 is 1. The van der Waals surface area contributed by atoms with Crippen molar-refractivity contribution in [3.8, 4) is 0 Å². The van der Waals surface area contributed by atoms with Gasteiger partial charge in [0.25, 0.3) is 0 Å². The van der Waals surface area contributed by atoms with Crippen molar-refractivity contribution >= 4 is 18.7 Å². The number of hydrogen-bond acceptors (Lipinski definition) is 4. The molecule has 2 atom stereocenters. The van der Waals surface area contributed by atoms with Crippen molar-refractivity contribution in [2.75, 3.05) is 7.11 Å². The van der Waals surface area contributed by atoms with Crippen molar-refractivity contribution in [3.05, 3.63) is 35.4 Å². The van der Waals surface area contributed by atoms with E-state index in [-0.39, 0.29) is 12.4 Å². The highest BCUT2D eigenvalue weighted by atomic mass is 35.5. The summed E-state index contributed by atoms with van der Waals surface area (Å²) in [6, 6.07) is 6.78. The van der Waals surface area contributed by atoms with Gasteiger partial charge in [0.15, 0.2) is 5.72 Å². The van der Waals surface area contributed by atoms with Crippen LogP contribution in [-0.2, 0) is 10.5 Å². The minimum atomic E-state index is -1.27. The summed E-state index contributed by atoms with van der Waals surface area (Å²) >= 11 is 0. The Morgan fingerprint density at radius 2 is 2.22 bits per heavy atom. The molecule has 0 saturated carbocycles. The van der Waals surface area contributed by atoms with E-state index < -0.39 is 11.8 Å². The molecule has 5 heteroatoms. The molecule has 0 aromatic heterocycles. The number of carbonyl (C=O) groups excluding carboxylic acids is 1. The number of hydrogen-bond donors (Lipinski definition) is 2. The number of ether oxygens (including phenoxy) is 1. The maximum absolute atomic E-state index is 10.7. The maximum Gasteiger partial charge on any atom is 0.168 e. The van der Waals surface area contributed by atoms with Gasteiger partial charge in [-0.25, -0.2) is 0 Å². The van der Waals surface area contributed by atoms with E-state index in [9.17, 15) is 9.90 Å². The first-order chi connectivity index (χ1) is 8.08. The van der Waals surface area contributed by atoms with Gasteiger partial charge in [0.05, 0.1) is 0 Å². The summed E-state index contributed by atoms with van der Waals surface area (Å²) in [5, 5.41) is 10.0. The van der Waals surface area contributed by atoms with Crippen molar-refractivity contribution in [1.82, 2.24) is 0 Å². The number of aliphatic hydroxyl groups is 1. The minimum Gasteiger partial charge on any atom is -0.388 e. The highest BCUT2D eigenvalue weighted by Crippen LogP contribution is 2.26. The fourth-order valence-corrected chi connectivity index (χ4v) is 1.79. The summed E-state index contributed by atoms with van der Waals surface area (Å²) in [5.74, 6) is 0. The summed E-state index contributed by atoms with van der Waals surface area (Å²) in [6.07, 6.45) is 1.28. The molecule has 0 unspecified atom stereocenters. The second-order valence-electron chi connectivity index (χ2n) is 4.05. The van der Waals surface area contributed by atoms with Gasteiger partial charge in [-0.1, -0.05) is 31.5 Å². The zero-order chi connectivity index (χ0) is 12.9. The van der Waals surface area contributed by atoms with Gasteiger partial charge in [-0.2, -0.15) is 0 Å². The zero-order valence-corrected chi connectivity index (χ0v) is 11.4. The predicted molar refractivity (Wildman–Crippen MR) is 72.9 cm³/mol. The average molecular weight is 274 g/mol. The third-order valence-electron chi connectivity index (χ3n) is 2.87. The summed E-state index contributed by atoms with van der Waals surface area (Å²) in [7, 11) is 1.45. The van der Waals surface area contributed by atoms with Gasteiger partial charge in [0.2, 0.25) is 0 Å². The molecule has 0 saturated heterocycles. The lowest BCUT2D eigenvalue weighted by Crippen LogP contribution is -2.49. The fraction of sp³-hybridized carbons (Fsp3) is 0.462. The van der Waals surface area contributed by atoms with Crippen molar-refractivity contribution in [2.45, 2.75) is 31.6 Å². The molecule has 0 aliphatic carbocycles. The Labute approximate surface area is 114 Å². The smallest absolute Gasteiger partial charge is 0.168 e. The Kier molecular flexibility index (Phi) is 7.09. The highest BCUT2D eigenvalue weighted by molar-refractivity contribution is 5.85. The van der Waals surface area contributed by atoms with Crippen LogP contribution in [0.2, 0.25) is 0 Å². The Balaban J connectivity index is 0.00000289. The maximum atomic E-state index is 10.7. The topological polar surface area (TPSA) is 72.6 Å². The van der Waals surface area contributed by atoms with Gasteiger partial charge in [-0.15, -0.1) is 12.4 Å². The van der Waals surface area contributed by atoms with E-state index in [4.69, 9.17) is 10.5 Å². The lowest BCUT2D eigenvalue weighted by atomic mass is 9.93. The zero-order valence-electron chi connectivity index (χ0n) is 10.6. The molecule has 0 amide bonds. The predicted octanol–water partition coefficient (Wildman–Crippen LogP) is 1.84. The number of aliphatic hydroxyl groups excluding tert-OH is 1. The standard InChI is InChI=1S/C13H19NO3.ClH/c1-3-5-12(16)13(14,17-2)11-7-4-6-10(8-11)9-15;/h4,6-9,12,16H,3,5,14H2,1-2H3;1H/t12-,13-;/m0./s1. The second kappa shape index (κ2) is 7.48. The van der Waals surface area contributed by atoms with Crippen molar-refractivity contribution < 1.29 is 14.6 Å².